The van der Waals surface area contributed by atoms with E-state index in [-0.39, 0.29) is 12.5 Å². The van der Waals surface area contributed by atoms with Crippen LogP contribution in [-0.4, -0.2) is 21.8 Å². The molecular weight excluding hydrogens is 362 g/mol. The second kappa shape index (κ2) is 7.64. The molecule has 6 nitrogen and oxygen atoms in total. The standard InChI is InChI=1S/C23H21N5O/c1-3-16-8-4-5-9-18(16)26-22(29)14-25-21-12-15(2)17(13-24)23-27-19-10-6-7-11-20(19)28(21)23/h4-12,25H,3,14H2,1-2H3,(H,26,29). The quantitative estimate of drug-likeness (QED) is 0.539. The fraction of sp³-hybridized carbons (Fsp3) is 0.174. The molecule has 0 unspecified atom stereocenters. The molecule has 0 aliphatic heterocycles. The predicted octanol–water partition coefficient (Wildman–Crippen LogP) is 4.28. The second-order valence-electron chi connectivity index (χ2n) is 6.87. The van der Waals surface area contributed by atoms with Crippen LogP contribution < -0.4 is 10.6 Å². The third-order valence-corrected chi connectivity index (χ3v) is 4.99. The van der Waals surface area contributed by atoms with E-state index in [4.69, 9.17) is 0 Å². The number of aryl methyl sites for hydroxylation is 2. The third kappa shape index (κ3) is 3.39. The number of nitrogens with zero attached hydrogens (tertiary/aromatic N) is 3. The molecule has 29 heavy (non-hydrogen) atoms. The molecule has 1 amide bonds. The Morgan fingerprint density at radius 2 is 1.93 bits per heavy atom. The molecule has 4 rings (SSSR count). The molecule has 4 aromatic rings. The van der Waals surface area contributed by atoms with Crippen molar-refractivity contribution in [2.75, 3.05) is 17.2 Å². The van der Waals surface area contributed by atoms with Crippen LogP contribution in [0.5, 0.6) is 0 Å². The van der Waals surface area contributed by atoms with Crippen molar-refractivity contribution in [3.8, 4) is 6.07 Å². The minimum Gasteiger partial charge on any atom is -0.362 e. The maximum absolute atomic E-state index is 12.5. The summed E-state index contributed by atoms with van der Waals surface area (Å²) in [5.74, 6) is 0.592. The lowest BCUT2D eigenvalue weighted by atomic mass is 10.1. The fourth-order valence-electron chi connectivity index (χ4n) is 3.54. The number of anilines is 2. The van der Waals surface area contributed by atoms with Crippen molar-refractivity contribution in [3.05, 3.63) is 71.3 Å². The molecule has 0 bridgehead atoms. The first-order chi connectivity index (χ1) is 14.1. The monoisotopic (exact) mass is 383 g/mol. The van der Waals surface area contributed by atoms with E-state index in [1.807, 2.05) is 65.9 Å². The predicted molar refractivity (Wildman–Crippen MR) is 115 cm³/mol. The fourth-order valence-corrected chi connectivity index (χ4v) is 3.54. The number of amides is 1. The maximum Gasteiger partial charge on any atom is 0.243 e. The van der Waals surface area contributed by atoms with Crippen LogP contribution in [0.1, 0.15) is 23.6 Å². The number of imidazole rings is 1. The highest BCUT2D eigenvalue weighted by atomic mass is 16.1. The minimum atomic E-state index is -0.134. The first kappa shape index (κ1) is 18.5. The summed E-state index contributed by atoms with van der Waals surface area (Å²) < 4.78 is 1.90. The van der Waals surface area contributed by atoms with E-state index < -0.39 is 0 Å². The summed E-state index contributed by atoms with van der Waals surface area (Å²) >= 11 is 0. The molecule has 2 N–H and O–H groups in total. The van der Waals surface area contributed by atoms with Gasteiger partial charge in [0.25, 0.3) is 0 Å². The molecule has 0 spiro atoms. The number of aromatic nitrogens is 2. The van der Waals surface area contributed by atoms with Crippen LogP contribution in [0.3, 0.4) is 0 Å². The molecule has 2 aromatic heterocycles. The van der Waals surface area contributed by atoms with Gasteiger partial charge in [0.05, 0.1) is 23.1 Å². The van der Waals surface area contributed by atoms with Gasteiger partial charge in [0.2, 0.25) is 5.91 Å². The zero-order valence-corrected chi connectivity index (χ0v) is 16.4. The summed E-state index contributed by atoms with van der Waals surface area (Å²) in [5.41, 5.74) is 5.56. The normalized spacial score (nSPS) is 10.8. The summed E-state index contributed by atoms with van der Waals surface area (Å²) in [6.07, 6.45) is 0.848. The Bertz CT molecular complexity index is 1270. The van der Waals surface area contributed by atoms with Crippen molar-refractivity contribution in [1.82, 2.24) is 9.38 Å². The van der Waals surface area contributed by atoms with Crippen LogP contribution in [0.15, 0.2) is 54.6 Å². The Kier molecular flexibility index (Phi) is 4.88. The third-order valence-electron chi connectivity index (χ3n) is 4.99. The number of hydrogen-bond donors (Lipinski definition) is 2. The number of carbonyl (C=O) groups excluding carboxylic acids is 1. The Hall–Kier alpha value is -3.85. The van der Waals surface area contributed by atoms with Gasteiger partial charge in [0, 0.05) is 5.69 Å². The average molecular weight is 383 g/mol. The van der Waals surface area contributed by atoms with Crippen molar-refractivity contribution in [2.24, 2.45) is 0 Å². The summed E-state index contributed by atoms with van der Waals surface area (Å²) in [6.45, 7) is 4.04. The lowest BCUT2D eigenvalue weighted by Crippen LogP contribution is -2.23. The smallest absolute Gasteiger partial charge is 0.243 e. The number of nitriles is 1. The van der Waals surface area contributed by atoms with Gasteiger partial charge in [-0.15, -0.1) is 0 Å². The van der Waals surface area contributed by atoms with Gasteiger partial charge in [-0.1, -0.05) is 37.3 Å². The van der Waals surface area contributed by atoms with Gasteiger partial charge >= 0.3 is 0 Å². The first-order valence-electron chi connectivity index (χ1n) is 9.55. The van der Waals surface area contributed by atoms with Crippen molar-refractivity contribution in [2.45, 2.75) is 20.3 Å². The summed E-state index contributed by atoms with van der Waals surface area (Å²) in [5, 5.41) is 15.8. The summed E-state index contributed by atoms with van der Waals surface area (Å²) in [4.78, 5) is 17.2. The van der Waals surface area contributed by atoms with Crippen LogP contribution in [-0.2, 0) is 11.2 Å². The van der Waals surface area contributed by atoms with E-state index in [1.165, 1.54) is 0 Å². The summed E-state index contributed by atoms with van der Waals surface area (Å²) in [7, 11) is 0. The van der Waals surface area contributed by atoms with Crippen molar-refractivity contribution in [1.29, 1.82) is 5.26 Å². The molecule has 6 heteroatoms. The van der Waals surface area contributed by atoms with Gasteiger partial charge in [0.15, 0.2) is 5.65 Å². The number of carbonyl (C=O) groups is 1. The van der Waals surface area contributed by atoms with Gasteiger partial charge in [-0.05, 0) is 48.7 Å². The number of rotatable bonds is 5. The number of benzene rings is 2. The van der Waals surface area contributed by atoms with Gasteiger partial charge in [-0.25, -0.2) is 4.98 Å². The van der Waals surface area contributed by atoms with Crippen LogP contribution in [0.25, 0.3) is 16.7 Å². The average Bonchev–Trinajstić information content (AvgIpc) is 3.12. The zero-order chi connectivity index (χ0) is 20.4. The molecule has 0 saturated heterocycles. The SMILES string of the molecule is CCc1ccccc1NC(=O)CNc1cc(C)c(C#N)c2nc3ccccc3n12. The summed E-state index contributed by atoms with van der Waals surface area (Å²) in [6, 6.07) is 19.6. The largest absolute Gasteiger partial charge is 0.362 e. The van der Waals surface area contributed by atoms with Gasteiger partial charge in [-0.3, -0.25) is 9.20 Å². The van der Waals surface area contributed by atoms with E-state index in [0.717, 1.165) is 40.1 Å². The Balaban J connectivity index is 1.66. The highest BCUT2D eigenvalue weighted by Crippen LogP contribution is 2.26. The number of nitrogens with one attached hydrogen (secondary N) is 2. The first-order valence-corrected chi connectivity index (χ1v) is 9.55. The number of fused-ring (bicyclic) bond motifs is 3. The Morgan fingerprint density at radius 1 is 1.17 bits per heavy atom. The lowest BCUT2D eigenvalue weighted by Gasteiger charge is -2.13. The number of pyridine rings is 1. The minimum absolute atomic E-state index is 0.102. The second-order valence-corrected chi connectivity index (χ2v) is 6.87. The number of para-hydroxylation sites is 3. The molecule has 0 saturated carbocycles. The molecule has 2 heterocycles. The number of hydrogen-bond acceptors (Lipinski definition) is 4. The molecule has 144 valence electrons. The van der Waals surface area contributed by atoms with Crippen molar-refractivity contribution < 1.29 is 4.79 Å². The van der Waals surface area contributed by atoms with E-state index in [2.05, 4.69) is 28.6 Å². The van der Waals surface area contributed by atoms with E-state index in [1.54, 1.807) is 0 Å². The van der Waals surface area contributed by atoms with Gasteiger partial charge in [0.1, 0.15) is 11.9 Å². The van der Waals surface area contributed by atoms with Crippen molar-refractivity contribution >= 4 is 34.1 Å². The highest BCUT2D eigenvalue weighted by molar-refractivity contribution is 5.94. The van der Waals surface area contributed by atoms with Crippen LogP contribution >= 0.6 is 0 Å². The van der Waals surface area contributed by atoms with Gasteiger partial charge in [-0.2, -0.15) is 5.26 Å². The van der Waals surface area contributed by atoms with E-state index in [0.29, 0.717) is 11.2 Å². The molecular formula is C23H21N5O. The van der Waals surface area contributed by atoms with Crippen LogP contribution in [0, 0.1) is 18.3 Å². The van der Waals surface area contributed by atoms with Crippen molar-refractivity contribution in [3.63, 3.8) is 0 Å². The molecule has 2 aromatic carbocycles. The zero-order valence-electron chi connectivity index (χ0n) is 16.4. The topological polar surface area (TPSA) is 82.2 Å². The Morgan fingerprint density at radius 3 is 2.72 bits per heavy atom. The van der Waals surface area contributed by atoms with E-state index >= 15 is 0 Å². The molecule has 0 aliphatic carbocycles. The molecule has 0 atom stereocenters. The maximum atomic E-state index is 12.5. The van der Waals surface area contributed by atoms with E-state index in [9.17, 15) is 10.1 Å². The molecule has 0 fully saturated rings. The Labute approximate surface area is 168 Å². The lowest BCUT2D eigenvalue weighted by molar-refractivity contribution is -0.114. The molecule has 0 radical (unpaired) electrons. The van der Waals surface area contributed by atoms with Gasteiger partial charge < -0.3 is 10.6 Å². The van der Waals surface area contributed by atoms with Crippen LogP contribution in [0.2, 0.25) is 0 Å². The molecule has 0 aliphatic rings. The highest BCUT2D eigenvalue weighted by Gasteiger charge is 2.15. The van der Waals surface area contributed by atoms with Crippen LogP contribution in [0.4, 0.5) is 11.5 Å².